The van der Waals surface area contributed by atoms with Crippen molar-refractivity contribution >= 4 is 29.2 Å². The zero-order chi connectivity index (χ0) is 24.0. The number of nitro benzene ring substituents is 1. The molecule has 3 aromatic rings. The number of carboxylic acids is 1. The molecule has 0 radical (unpaired) electrons. The van der Waals surface area contributed by atoms with Gasteiger partial charge in [-0.05, 0) is 55.5 Å². The Labute approximate surface area is 187 Å². The molecule has 0 saturated carbocycles. The van der Waals surface area contributed by atoms with Gasteiger partial charge in [-0.1, -0.05) is 6.07 Å². The van der Waals surface area contributed by atoms with Gasteiger partial charge in [0.05, 0.1) is 22.7 Å². The molecular formula is C23H18N2O8. The summed E-state index contributed by atoms with van der Waals surface area (Å²) in [6.07, 6.45) is 0. The molecular weight excluding hydrogens is 432 g/mol. The van der Waals surface area contributed by atoms with Crippen molar-refractivity contribution < 1.29 is 33.9 Å². The highest BCUT2D eigenvalue weighted by Crippen LogP contribution is 2.26. The summed E-state index contributed by atoms with van der Waals surface area (Å²) in [5, 5.41) is 22.9. The molecule has 10 nitrogen and oxygen atoms in total. The van der Waals surface area contributed by atoms with Crippen molar-refractivity contribution in [3.63, 3.8) is 0 Å². The third kappa shape index (κ3) is 5.70. The maximum atomic E-state index is 12.3. The molecule has 0 heterocycles. The fourth-order valence-corrected chi connectivity index (χ4v) is 2.86. The lowest BCUT2D eigenvalue weighted by atomic mass is 10.1. The van der Waals surface area contributed by atoms with E-state index in [1.165, 1.54) is 42.5 Å². The van der Waals surface area contributed by atoms with Crippen LogP contribution in [0.5, 0.6) is 11.5 Å². The first-order valence-electron chi connectivity index (χ1n) is 9.66. The van der Waals surface area contributed by atoms with Crippen LogP contribution in [-0.4, -0.2) is 34.5 Å². The van der Waals surface area contributed by atoms with Gasteiger partial charge in [-0.2, -0.15) is 0 Å². The van der Waals surface area contributed by atoms with Crippen molar-refractivity contribution in [1.29, 1.82) is 0 Å². The molecule has 0 aliphatic rings. The monoisotopic (exact) mass is 450 g/mol. The average Bonchev–Trinajstić information content (AvgIpc) is 2.80. The number of nitro groups is 1. The third-order valence-electron chi connectivity index (χ3n) is 4.38. The number of amides is 1. The second-order valence-electron chi connectivity index (χ2n) is 6.62. The Morgan fingerprint density at radius 3 is 2.30 bits per heavy atom. The molecule has 3 aromatic carbocycles. The molecule has 0 saturated heterocycles. The van der Waals surface area contributed by atoms with Crippen LogP contribution < -0.4 is 10.1 Å². The Kier molecular flexibility index (Phi) is 6.99. The lowest BCUT2D eigenvalue weighted by molar-refractivity contribution is -0.384. The van der Waals surface area contributed by atoms with Crippen LogP contribution in [0, 0.1) is 10.1 Å². The normalized spacial score (nSPS) is 10.2. The quantitative estimate of drug-likeness (QED) is 0.290. The maximum Gasteiger partial charge on any atom is 0.339 e. The first-order chi connectivity index (χ1) is 15.8. The van der Waals surface area contributed by atoms with Gasteiger partial charge in [-0.25, -0.2) is 9.59 Å². The number of ether oxygens (including phenoxy) is 2. The summed E-state index contributed by atoms with van der Waals surface area (Å²) in [7, 11) is 0. The Balaban J connectivity index is 1.72. The number of aromatic carboxylic acids is 1. The second-order valence-corrected chi connectivity index (χ2v) is 6.62. The molecule has 2 N–H and O–H groups in total. The molecule has 1 amide bonds. The van der Waals surface area contributed by atoms with Crippen molar-refractivity contribution in [3.05, 3.63) is 93.5 Å². The molecule has 0 spiro atoms. The zero-order valence-electron chi connectivity index (χ0n) is 17.3. The van der Waals surface area contributed by atoms with Gasteiger partial charge in [0, 0.05) is 23.4 Å². The van der Waals surface area contributed by atoms with Crippen LogP contribution in [0.25, 0.3) is 0 Å². The van der Waals surface area contributed by atoms with E-state index in [4.69, 9.17) is 9.47 Å². The van der Waals surface area contributed by atoms with Gasteiger partial charge in [-0.15, -0.1) is 0 Å². The Morgan fingerprint density at radius 2 is 1.67 bits per heavy atom. The first-order valence-corrected chi connectivity index (χ1v) is 9.66. The average molecular weight is 450 g/mol. The molecule has 0 fully saturated rings. The Bertz CT molecular complexity index is 1220. The topological polar surface area (TPSA) is 145 Å². The number of nitrogens with one attached hydrogen (secondary N) is 1. The van der Waals surface area contributed by atoms with Crippen molar-refractivity contribution in [2.24, 2.45) is 0 Å². The molecule has 0 atom stereocenters. The van der Waals surface area contributed by atoms with Gasteiger partial charge in [-0.3, -0.25) is 14.9 Å². The number of benzene rings is 3. The largest absolute Gasteiger partial charge is 0.478 e. The highest BCUT2D eigenvalue weighted by molar-refractivity contribution is 6.04. The van der Waals surface area contributed by atoms with Gasteiger partial charge in [0.1, 0.15) is 11.5 Å². The van der Waals surface area contributed by atoms with Gasteiger partial charge in [0.15, 0.2) is 0 Å². The molecule has 0 aliphatic heterocycles. The summed E-state index contributed by atoms with van der Waals surface area (Å²) in [6.45, 7) is 1.73. The second kappa shape index (κ2) is 10.1. The van der Waals surface area contributed by atoms with E-state index in [-0.39, 0.29) is 34.7 Å². The fourth-order valence-electron chi connectivity index (χ4n) is 2.86. The predicted octanol–water partition coefficient (Wildman–Crippen LogP) is 4.51. The Morgan fingerprint density at radius 1 is 0.970 bits per heavy atom. The Hall–Kier alpha value is -4.73. The van der Waals surface area contributed by atoms with Gasteiger partial charge >= 0.3 is 11.9 Å². The van der Waals surface area contributed by atoms with E-state index in [1.54, 1.807) is 31.2 Å². The van der Waals surface area contributed by atoms with Crippen LogP contribution in [0.2, 0.25) is 0 Å². The number of esters is 1. The van der Waals surface area contributed by atoms with Crippen molar-refractivity contribution in [3.8, 4) is 11.5 Å². The minimum absolute atomic E-state index is 0.0871. The van der Waals surface area contributed by atoms with Crippen LogP contribution >= 0.6 is 0 Å². The summed E-state index contributed by atoms with van der Waals surface area (Å²) in [6, 6.07) is 15.5. The minimum Gasteiger partial charge on any atom is -0.478 e. The summed E-state index contributed by atoms with van der Waals surface area (Å²) in [5.74, 6) is -2.03. The fraction of sp³-hybridized carbons (Fsp3) is 0.0870. The highest BCUT2D eigenvalue weighted by atomic mass is 16.6. The molecule has 0 bridgehead atoms. The molecule has 168 valence electrons. The van der Waals surface area contributed by atoms with E-state index in [9.17, 15) is 29.6 Å². The van der Waals surface area contributed by atoms with Crippen molar-refractivity contribution in [1.82, 2.24) is 0 Å². The lowest BCUT2D eigenvalue weighted by Gasteiger charge is -2.11. The van der Waals surface area contributed by atoms with E-state index >= 15 is 0 Å². The van der Waals surface area contributed by atoms with Gasteiger partial charge < -0.3 is 19.9 Å². The number of carboxylic acid groups (broad SMARTS) is 1. The maximum absolute atomic E-state index is 12.3. The molecule has 0 aromatic heterocycles. The van der Waals surface area contributed by atoms with Gasteiger partial charge in [0.2, 0.25) is 0 Å². The molecule has 10 heteroatoms. The zero-order valence-corrected chi connectivity index (χ0v) is 17.3. The summed E-state index contributed by atoms with van der Waals surface area (Å²) < 4.78 is 10.5. The number of carbonyl (C=O) groups is 3. The molecule has 3 rings (SSSR count). The van der Waals surface area contributed by atoms with E-state index in [0.717, 1.165) is 0 Å². The van der Waals surface area contributed by atoms with E-state index < -0.39 is 22.8 Å². The minimum atomic E-state index is -1.30. The first kappa shape index (κ1) is 22.9. The van der Waals surface area contributed by atoms with E-state index in [2.05, 4.69) is 5.32 Å². The number of hydrogen-bond acceptors (Lipinski definition) is 7. The summed E-state index contributed by atoms with van der Waals surface area (Å²) in [5.41, 5.74) is 0.0129. The standard InChI is InChI=1S/C23H18N2O8/c1-2-32-23(29)19-11-10-18(13-20(19)22(27)28)33-17-8-6-15(7-9-17)24-21(26)14-4-3-5-16(12-14)25(30)31/h3-13H,2H2,1H3,(H,24,26)(H,27,28). The lowest BCUT2D eigenvalue weighted by Crippen LogP contribution is -2.12. The molecule has 33 heavy (non-hydrogen) atoms. The van der Waals surface area contributed by atoms with E-state index in [1.807, 2.05) is 0 Å². The third-order valence-corrected chi connectivity index (χ3v) is 4.38. The number of nitrogens with zero attached hydrogens (tertiary/aromatic N) is 1. The van der Waals surface area contributed by atoms with Crippen molar-refractivity contribution in [2.45, 2.75) is 6.92 Å². The highest BCUT2D eigenvalue weighted by Gasteiger charge is 2.19. The van der Waals surface area contributed by atoms with Crippen LogP contribution in [0.1, 0.15) is 38.0 Å². The summed E-state index contributed by atoms with van der Waals surface area (Å²) in [4.78, 5) is 46.1. The number of rotatable bonds is 8. The number of hydrogen-bond donors (Lipinski definition) is 2. The SMILES string of the molecule is CCOC(=O)c1ccc(Oc2ccc(NC(=O)c3cccc([N+](=O)[O-])c3)cc2)cc1C(=O)O. The molecule has 0 unspecified atom stereocenters. The van der Waals surface area contributed by atoms with Crippen molar-refractivity contribution in [2.75, 3.05) is 11.9 Å². The van der Waals surface area contributed by atoms with Crippen LogP contribution in [0.4, 0.5) is 11.4 Å². The smallest absolute Gasteiger partial charge is 0.339 e. The number of anilines is 1. The van der Waals surface area contributed by atoms with Crippen LogP contribution in [0.15, 0.2) is 66.7 Å². The van der Waals surface area contributed by atoms with Crippen LogP contribution in [-0.2, 0) is 4.74 Å². The molecule has 0 aliphatic carbocycles. The van der Waals surface area contributed by atoms with Crippen LogP contribution in [0.3, 0.4) is 0 Å². The summed E-state index contributed by atoms with van der Waals surface area (Å²) >= 11 is 0. The number of non-ortho nitro benzene ring substituents is 1. The number of carbonyl (C=O) groups excluding carboxylic acids is 2. The van der Waals surface area contributed by atoms with Gasteiger partial charge in [0.25, 0.3) is 11.6 Å². The van der Waals surface area contributed by atoms with E-state index in [0.29, 0.717) is 11.4 Å². The predicted molar refractivity (Wildman–Crippen MR) is 117 cm³/mol.